The van der Waals surface area contributed by atoms with Crippen LogP contribution in [0.1, 0.15) is 83.4 Å². The lowest BCUT2D eigenvalue weighted by atomic mass is 9.80. The lowest BCUT2D eigenvalue weighted by Crippen LogP contribution is -2.40. The molecule has 0 spiro atoms. The van der Waals surface area contributed by atoms with E-state index in [2.05, 4.69) is 25.8 Å². The highest BCUT2D eigenvalue weighted by Crippen LogP contribution is 2.30. The molecule has 0 aliphatic carbocycles. The minimum atomic E-state index is -4.09. The van der Waals surface area contributed by atoms with Gasteiger partial charge in [0.1, 0.15) is 23.7 Å². The topological polar surface area (TPSA) is 130 Å². The summed E-state index contributed by atoms with van der Waals surface area (Å²) in [7, 11) is -4.09. The molecule has 2 heterocycles. The zero-order valence-corrected chi connectivity index (χ0v) is 26.9. The van der Waals surface area contributed by atoms with Crippen molar-refractivity contribution in [2.75, 3.05) is 11.4 Å². The zero-order valence-electron chi connectivity index (χ0n) is 26.1. The van der Waals surface area contributed by atoms with Gasteiger partial charge >= 0.3 is 12.1 Å². The summed E-state index contributed by atoms with van der Waals surface area (Å²) in [5, 5.41) is 9.25. The minimum absolute atomic E-state index is 0.00762. The van der Waals surface area contributed by atoms with Gasteiger partial charge in [0.2, 0.25) is 5.09 Å². The number of anilines is 1. The molecule has 1 N–H and O–H groups in total. The second kappa shape index (κ2) is 13.7. The van der Waals surface area contributed by atoms with Crippen molar-refractivity contribution in [2.45, 2.75) is 96.9 Å². The highest BCUT2D eigenvalue weighted by atomic mass is 32.2. The molecule has 0 radical (unpaired) electrons. The molecule has 3 aromatic rings. The molecule has 2 aromatic heterocycles. The number of hydrogen-bond donors (Lipinski definition) is 1. The maximum atomic E-state index is 13.8. The van der Waals surface area contributed by atoms with Crippen molar-refractivity contribution >= 4 is 27.9 Å². The second-order valence-corrected chi connectivity index (χ2v) is 14.1. The first-order valence-electron chi connectivity index (χ1n) is 14.4. The highest BCUT2D eigenvalue weighted by Gasteiger charge is 2.30. The molecule has 43 heavy (non-hydrogen) atoms. The summed E-state index contributed by atoms with van der Waals surface area (Å²) in [4.78, 5) is 29.8. The van der Waals surface area contributed by atoms with E-state index in [-0.39, 0.29) is 29.4 Å². The quantitative estimate of drug-likeness (QED) is 0.226. The van der Waals surface area contributed by atoms with Crippen molar-refractivity contribution in [1.29, 1.82) is 0 Å². The molecule has 10 nitrogen and oxygen atoms in total. The molecule has 1 aromatic carbocycles. The van der Waals surface area contributed by atoms with Gasteiger partial charge in [-0.2, -0.15) is 4.31 Å². The number of aromatic nitrogens is 1. The van der Waals surface area contributed by atoms with E-state index in [1.807, 2.05) is 24.3 Å². The predicted octanol–water partition coefficient (Wildman–Crippen LogP) is 6.67. The third kappa shape index (κ3) is 9.39. The number of carbonyl (C=O) groups is 2. The number of unbranched alkanes of at least 4 members (excludes halogenated alkanes) is 1. The fourth-order valence-electron chi connectivity index (χ4n) is 4.51. The number of benzene rings is 1. The molecular formula is C32H43N3O7S. The molecule has 0 aliphatic rings. The van der Waals surface area contributed by atoms with E-state index >= 15 is 0 Å². The lowest BCUT2D eigenvalue weighted by Gasteiger charge is -2.27. The van der Waals surface area contributed by atoms with E-state index in [0.717, 1.165) is 29.7 Å². The van der Waals surface area contributed by atoms with Gasteiger partial charge in [-0.3, -0.25) is 9.69 Å². The van der Waals surface area contributed by atoms with Crippen molar-refractivity contribution in [1.82, 2.24) is 9.29 Å². The van der Waals surface area contributed by atoms with Crippen LogP contribution >= 0.6 is 0 Å². The predicted molar refractivity (Wildman–Crippen MR) is 164 cm³/mol. The number of ether oxygens (including phenoxy) is 1. The van der Waals surface area contributed by atoms with E-state index < -0.39 is 34.2 Å². The van der Waals surface area contributed by atoms with E-state index in [4.69, 9.17) is 9.15 Å². The molecular weight excluding hydrogens is 570 g/mol. The number of aliphatic carboxylic acids is 1. The number of aryl methyl sites for hydroxylation is 1. The fourth-order valence-corrected chi connectivity index (χ4v) is 5.86. The molecule has 0 unspecified atom stereocenters. The lowest BCUT2D eigenvalue weighted by molar-refractivity contribution is -0.135. The van der Waals surface area contributed by atoms with Crippen molar-refractivity contribution in [3.63, 3.8) is 0 Å². The molecule has 0 bridgehead atoms. The molecule has 0 fully saturated rings. The van der Waals surface area contributed by atoms with E-state index in [1.54, 1.807) is 45.9 Å². The minimum Gasteiger partial charge on any atom is -0.480 e. The average molecular weight is 614 g/mol. The van der Waals surface area contributed by atoms with Gasteiger partial charge < -0.3 is 14.3 Å². The normalized spacial score (nSPS) is 12.4. The van der Waals surface area contributed by atoms with Crippen LogP contribution in [0, 0.1) is 6.92 Å². The van der Waals surface area contributed by atoms with Crippen LogP contribution in [0.3, 0.4) is 0 Å². The Bertz CT molecular complexity index is 1510. The average Bonchev–Trinajstić information content (AvgIpc) is 3.37. The van der Waals surface area contributed by atoms with Crippen molar-refractivity contribution < 1.29 is 32.3 Å². The second-order valence-electron chi connectivity index (χ2n) is 12.3. The first kappa shape index (κ1) is 33.8. The van der Waals surface area contributed by atoms with E-state index in [0.29, 0.717) is 11.5 Å². The van der Waals surface area contributed by atoms with Gasteiger partial charge in [-0.15, -0.1) is 0 Å². The Hall–Kier alpha value is -3.70. The Labute approximate surface area is 254 Å². The number of carbonyl (C=O) groups excluding carboxylic acids is 1. The summed E-state index contributed by atoms with van der Waals surface area (Å²) in [6.45, 7) is 12.5. The van der Waals surface area contributed by atoms with Crippen LogP contribution < -0.4 is 4.90 Å². The van der Waals surface area contributed by atoms with Gasteiger partial charge in [0.15, 0.2) is 0 Å². The fraction of sp³-hybridized carbons (Fsp3) is 0.469. The van der Waals surface area contributed by atoms with E-state index in [1.165, 1.54) is 22.0 Å². The van der Waals surface area contributed by atoms with Crippen molar-refractivity contribution in [2.24, 2.45) is 0 Å². The number of sulfonamides is 1. The maximum absolute atomic E-state index is 13.8. The Balaban J connectivity index is 1.96. The Morgan fingerprint density at radius 3 is 2.21 bits per heavy atom. The van der Waals surface area contributed by atoms with Crippen LogP contribution in [0.25, 0.3) is 0 Å². The Kier molecular flexibility index (Phi) is 10.8. The number of pyridine rings is 1. The van der Waals surface area contributed by atoms with Crippen molar-refractivity contribution in [3.8, 4) is 0 Å². The maximum Gasteiger partial charge on any atom is 0.416 e. The number of carboxylic acid groups (broad SMARTS) is 1. The van der Waals surface area contributed by atoms with Gasteiger partial charge in [-0.05, 0) is 74.9 Å². The van der Waals surface area contributed by atoms with Gasteiger partial charge in [-0.25, -0.2) is 18.2 Å². The number of hydrogen-bond acceptors (Lipinski definition) is 7. The number of furan rings is 1. The molecule has 11 heteroatoms. The number of rotatable bonds is 13. The monoisotopic (exact) mass is 613 g/mol. The van der Waals surface area contributed by atoms with Gasteiger partial charge in [0, 0.05) is 6.54 Å². The number of carboxylic acids is 1. The number of amides is 1. The first-order valence-corrected chi connectivity index (χ1v) is 15.8. The van der Waals surface area contributed by atoms with Crippen LogP contribution in [0.5, 0.6) is 0 Å². The summed E-state index contributed by atoms with van der Waals surface area (Å²) in [5.41, 5.74) is 1.39. The van der Waals surface area contributed by atoms with Gasteiger partial charge in [0.05, 0.1) is 12.2 Å². The Morgan fingerprint density at radius 2 is 1.65 bits per heavy atom. The van der Waals surface area contributed by atoms with Crippen LogP contribution in [0.2, 0.25) is 0 Å². The molecule has 0 saturated carbocycles. The molecule has 234 valence electrons. The third-order valence-corrected chi connectivity index (χ3v) is 8.54. The SMILES string of the molecule is CCCCC(C)(C)c1ccc(CN(Cc2cccc(N(CC(=O)O)C(=O)OC(C)(C)C)n2)S(=O)(=O)c2ccc(C)o2)cc1. The highest BCUT2D eigenvalue weighted by molar-refractivity contribution is 7.88. The largest absolute Gasteiger partial charge is 0.480 e. The van der Waals surface area contributed by atoms with Crippen LogP contribution in [0.4, 0.5) is 10.6 Å². The summed E-state index contributed by atoms with van der Waals surface area (Å²) < 4.78 is 39.7. The summed E-state index contributed by atoms with van der Waals surface area (Å²) in [6.07, 6.45) is 2.40. The summed E-state index contributed by atoms with van der Waals surface area (Å²) in [5.74, 6) is -0.769. The van der Waals surface area contributed by atoms with Crippen LogP contribution in [-0.2, 0) is 38.1 Å². The molecule has 0 aliphatic heterocycles. The number of nitrogens with zero attached hydrogens (tertiary/aromatic N) is 3. The first-order chi connectivity index (χ1) is 20.0. The standard InChI is InChI=1S/C32H43N3O7S/c1-8-9-19-32(6,7)25-16-14-24(15-17-25)20-34(43(39,40)29-18-13-23(2)41-29)21-26-11-10-12-27(33-26)35(22-28(36)37)30(38)42-31(3,4)5/h10-18H,8-9,19-22H2,1-7H3,(H,36,37). The van der Waals surface area contributed by atoms with Gasteiger partial charge in [-0.1, -0.05) is 63.9 Å². The smallest absolute Gasteiger partial charge is 0.416 e. The van der Waals surface area contributed by atoms with Gasteiger partial charge in [0.25, 0.3) is 10.0 Å². The Morgan fingerprint density at radius 1 is 0.977 bits per heavy atom. The third-order valence-electron chi connectivity index (χ3n) is 6.87. The molecule has 3 rings (SSSR count). The van der Waals surface area contributed by atoms with E-state index in [9.17, 15) is 23.1 Å². The van der Waals surface area contributed by atoms with Crippen LogP contribution in [-0.4, -0.2) is 47.0 Å². The molecule has 1 amide bonds. The van der Waals surface area contributed by atoms with Crippen LogP contribution in [0.15, 0.2) is 64.1 Å². The summed E-state index contributed by atoms with van der Waals surface area (Å²) in [6, 6.07) is 15.6. The molecule has 0 saturated heterocycles. The van der Waals surface area contributed by atoms with Crippen molar-refractivity contribution in [3.05, 3.63) is 77.2 Å². The zero-order chi connectivity index (χ0) is 32.0. The summed E-state index contributed by atoms with van der Waals surface area (Å²) >= 11 is 0. The molecule has 0 atom stereocenters.